The number of nitrogens with two attached hydrogens (primary N) is 1. The number of ether oxygens (including phenoxy) is 1. The molecule has 2 N–H and O–H groups in total. The molecule has 16 heavy (non-hydrogen) atoms. The van der Waals surface area contributed by atoms with Crippen LogP contribution >= 0.6 is 0 Å². The predicted molar refractivity (Wildman–Crippen MR) is 67.4 cm³/mol. The van der Waals surface area contributed by atoms with Crippen LogP contribution in [0.25, 0.3) is 0 Å². The van der Waals surface area contributed by atoms with Crippen LogP contribution in [0.4, 0.5) is 0 Å². The highest BCUT2D eigenvalue weighted by Gasteiger charge is 1.98. The smallest absolute Gasteiger partial charge is 0.134 e. The first kappa shape index (κ1) is 12.6. The lowest BCUT2D eigenvalue weighted by Gasteiger charge is -2.07. The maximum atomic E-state index is 5.69. The highest BCUT2D eigenvalue weighted by molar-refractivity contribution is 5.45. The van der Waals surface area contributed by atoms with E-state index in [0.29, 0.717) is 6.54 Å². The van der Waals surface area contributed by atoms with Crippen LogP contribution in [-0.4, -0.2) is 13.2 Å². The van der Waals surface area contributed by atoms with Crippen molar-refractivity contribution in [3.8, 4) is 17.6 Å². The molecule has 0 aliphatic heterocycles. The summed E-state index contributed by atoms with van der Waals surface area (Å²) in [6.45, 7) is 3.32. The van der Waals surface area contributed by atoms with E-state index in [0.717, 1.165) is 24.3 Å². The van der Waals surface area contributed by atoms with Gasteiger partial charge in [-0.05, 0) is 18.6 Å². The van der Waals surface area contributed by atoms with Gasteiger partial charge in [0, 0.05) is 0 Å². The summed E-state index contributed by atoms with van der Waals surface area (Å²) in [6, 6.07) is 7.83. The molecule has 0 saturated carbocycles. The quantitative estimate of drug-likeness (QED) is 0.607. The monoisotopic (exact) mass is 217 g/mol. The summed E-state index contributed by atoms with van der Waals surface area (Å²) < 4.78 is 5.69. The van der Waals surface area contributed by atoms with Gasteiger partial charge in [-0.15, -0.1) is 0 Å². The van der Waals surface area contributed by atoms with Crippen LogP contribution in [0.5, 0.6) is 5.75 Å². The molecule has 0 unspecified atom stereocenters. The first-order valence-corrected chi connectivity index (χ1v) is 5.79. The normalized spacial score (nSPS) is 9.38. The van der Waals surface area contributed by atoms with Gasteiger partial charge in [0.05, 0.1) is 18.7 Å². The van der Waals surface area contributed by atoms with Crippen LogP contribution in [0.15, 0.2) is 24.3 Å². The maximum Gasteiger partial charge on any atom is 0.134 e. The Balaban J connectivity index is 2.57. The molecule has 0 radical (unpaired) electrons. The molecule has 0 spiro atoms. The Morgan fingerprint density at radius 3 is 2.81 bits per heavy atom. The molecule has 0 atom stereocenters. The third-order valence-electron chi connectivity index (χ3n) is 2.22. The summed E-state index contributed by atoms with van der Waals surface area (Å²) in [5, 5.41) is 0. The predicted octanol–water partition coefficient (Wildman–Crippen LogP) is 2.57. The average molecular weight is 217 g/mol. The number of rotatable bonds is 5. The molecule has 0 aliphatic rings. The molecule has 2 heteroatoms. The van der Waals surface area contributed by atoms with Crippen molar-refractivity contribution < 1.29 is 4.74 Å². The van der Waals surface area contributed by atoms with Crippen molar-refractivity contribution in [3.63, 3.8) is 0 Å². The summed E-state index contributed by atoms with van der Waals surface area (Å²) in [5.41, 5.74) is 6.27. The molecule has 0 fully saturated rings. The first-order valence-electron chi connectivity index (χ1n) is 5.79. The molecule has 2 nitrogen and oxygen atoms in total. The Kier molecular flexibility index (Phi) is 6.13. The van der Waals surface area contributed by atoms with Gasteiger partial charge < -0.3 is 10.5 Å². The first-order chi connectivity index (χ1) is 7.88. The largest absolute Gasteiger partial charge is 0.492 e. The van der Waals surface area contributed by atoms with E-state index in [1.807, 2.05) is 24.3 Å². The van der Waals surface area contributed by atoms with Gasteiger partial charge in [-0.3, -0.25) is 0 Å². The van der Waals surface area contributed by atoms with E-state index in [-0.39, 0.29) is 0 Å². The van der Waals surface area contributed by atoms with Crippen LogP contribution in [0, 0.1) is 11.8 Å². The lowest BCUT2D eigenvalue weighted by atomic mass is 10.2. The minimum atomic E-state index is 0.379. The second kappa shape index (κ2) is 7.78. The molecule has 0 bridgehead atoms. The summed E-state index contributed by atoms with van der Waals surface area (Å²) in [6.07, 6.45) is 3.50. The van der Waals surface area contributed by atoms with E-state index >= 15 is 0 Å². The number of para-hydroxylation sites is 1. The molecule has 1 rings (SSSR count). The van der Waals surface area contributed by atoms with E-state index in [4.69, 9.17) is 10.5 Å². The Morgan fingerprint density at radius 1 is 1.25 bits per heavy atom. The fourth-order valence-corrected chi connectivity index (χ4v) is 1.38. The lowest BCUT2D eigenvalue weighted by molar-refractivity contribution is 0.305. The minimum Gasteiger partial charge on any atom is -0.492 e. The van der Waals surface area contributed by atoms with Gasteiger partial charge in [-0.1, -0.05) is 43.7 Å². The van der Waals surface area contributed by atoms with Gasteiger partial charge in [-0.25, -0.2) is 0 Å². The molecule has 1 aromatic rings. The van der Waals surface area contributed by atoms with E-state index in [1.54, 1.807) is 0 Å². The maximum absolute atomic E-state index is 5.69. The van der Waals surface area contributed by atoms with Gasteiger partial charge in [0.1, 0.15) is 5.75 Å². The zero-order valence-corrected chi connectivity index (χ0v) is 9.83. The molecular weight excluding hydrogens is 198 g/mol. The van der Waals surface area contributed by atoms with Gasteiger partial charge in [0.15, 0.2) is 0 Å². The van der Waals surface area contributed by atoms with Crippen molar-refractivity contribution in [2.75, 3.05) is 13.2 Å². The van der Waals surface area contributed by atoms with Crippen molar-refractivity contribution in [1.82, 2.24) is 0 Å². The molecule has 0 aromatic heterocycles. The van der Waals surface area contributed by atoms with Gasteiger partial charge in [0.25, 0.3) is 0 Å². The standard InChI is InChI=1S/C14H19NO/c1-2-3-6-12-16-14-10-5-4-8-13(14)9-7-11-15/h4-5,8,10H,2-3,6,11-12,15H2,1H3. The van der Waals surface area contributed by atoms with Crippen LogP contribution in [-0.2, 0) is 0 Å². The second-order valence-corrected chi connectivity index (χ2v) is 3.56. The van der Waals surface area contributed by atoms with Crippen molar-refractivity contribution in [3.05, 3.63) is 29.8 Å². The zero-order valence-electron chi connectivity index (χ0n) is 9.83. The Bertz CT molecular complexity index is 362. The van der Waals surface area contributed by atoms with Crippen LogP contribution in [0.3, 0.4) is 0 Å². The molecule has 0 saturated heterocycles. The SMILES string of the molecule is CCCCCOc1ccccc1C#CCN. The second-order valence-electron chi connectivity index (χ2n) is 3.56. The topological polar surface area (TPSA) is 35.2 Å². The summed E-state index contributed by atoms with van der Waals surface area (Å²) in [5.74, 6) is 6.72. The number of hydrogen-bond acceptors (Lipinski definition) is 2. The van der Waals surface area contributed by atoms with Gasteiger partial charge >= 0.3 is 0 Å². The van der Waals surface area contributed by atoms with E-state index in [9.17, 15) is 0 Å². The molecule has 0 aliphatic carbocycles. The molecule has 0 amide bonds. The average Bonchev–Trinajstić information content (AvgIpc) is 2.33. The van der Waals surface area contributed by atoms with E-state index < -0.39 is 0 Å². The van der Waals surface area contributed by atoms with E-state index in [2.05, 4.69) is 18.8 Å². The van der Waals surface area contributed by atoms with E-state index in [1.165, 1.54) is 12.8 Å². The summed E-state index contributed by atoms with van der Waals surface area (Å²) in [4.78, 5) is 0. The Morgan fingerprint density at radius 2 is 2.06 bits per heavy atom. The molecular formula is C14H19NO. The number of hydrogen-bond donors (Lipinski definition) is 1. The summed E-state index contributed by atoms with van der Waals surface area (Å²) in [7, 11) is 0. The third kappa shape index (κ3) is 4.37. The lowest BCUT2D eigenvalue weighted by Crippen LogP contribution is -1.99. The highest BCUT2D eigenvalue weighted by atomic mass is 16.5. The van der Waals surface area contributed by atoms with Crippen LogP contribution in [0.1, 0.15) is 31.7 Å². The van der Waals surface area contributed by atoms with Crippen molar-refractivity contribution in [2.24, 2.45) is 5.73 Å². The van der Waals surface area contributed by atoms with Crippen LogP contribution in [0.2, 0.25) is 0 Å². The van der Waals surface area contributed by atoms with Gasteiger partial charge in [0.2, 0.25) is 0 Å². The number of unbranched alkanes of at least 4 members (excludes halogenated alkanes) is 2. The molecule has 0 heterocycles. The van der Waals surface area contributed by atoms with Gasteiger partial charge in [-0.2, -0.15) is 0 Å². The highest BCUT2D eigenvalue weighted by Crippen LogP contribution is 2.16. The van der Waals surface area contributed by atoms with Crippen molar-refractivity contribution in [2.45, 2.75) is 26.2 Å². The molecule has 86 valence electrons. The zero-order chi connectivity index (χ0) is 11.6. The van der Waals surface area contributed by atoms with Crippen LogP contribution < -0.4 is 10.5 Å². The Labute approximate surface area is 97.8 Å². The fourth-order valence-electron chi connectivity index (χ4n) is 1.38. The van der Waals surface area contributed by atoms with Crippen molar-refractivity contribution >= 4 is 0 Å². The number of benzene rings is 1. The minimum absolute atomic E-state index is 0.379. The summed E-state index contributed by atoms with van der Waals surface area (Å²) >= 11 is 0. The Hall–Kier alpha value is -1.46. The third-order valence-corrected chi connectivity index (χ3v) is 2.22. The van der Waals surface area contributed by atoms with Crippen molar-refractivity contribution in [1.29, 1.82) is 0 Å². The fraction of sp³-hybridized carbons (Fsp3) is 0.429. The molecule has 1 aromatic carbocycles.